The highest BCUT2D eigenvalue weighted by atomic mass is 28.4. The summed E-state index contributed by atoms with van der Waals surface area (Å²) in [5, 5.41) is 0. The molecule has 0 rings (SSSR count). The van der Waals surface area contributed by atoms with E-state index >= 15 is 0 Å². The molecule has 9 heteroatoms. The van der Waals surface area contributed by atoms with Crippen LogP contribution in [0.1, 0.15) is 27.2 Å². The third-order valence-corrected chi connectivity index (χ3v) is 5.42. The van der Waals surface area contributed by atoms with Gasteiger partial charge in [0.15, 0.2) is 0 Å². The van der Waals surface area contributed by atoms with Crippen LogP contribution in [0.3, 0.4) is 0 Å². The van der Waals surface area contributed by atoms with Crippen molar-refractivity contribution >= 4 is 8.80 Å². The summed E-state index contributed by atoms with van der Waals surface area (Å²) < 4.78 is 69.3. The van der Waals surface area contributed by atoms with Gasteiger partial charge in [-0.2, -0.15) is 8.78 Å². The molecule has 0 aliphatic heterocycles. The average Bonchev–Trinajstić information content (AvgIpc) is 2.35. The van der Waals surface area contributed by atoms with E-state index in [4.69, 9.17) is 13.3 Å². The summed E-state index contributed by atoms with van der Waals surface area (Å²) in [5.74, 6) is 0. The normalized spacial score (nSPS) is 13.2. The highest BCUT2D eigenvalue weighted by Crippen LogP contribution is 2.25. The molecule has 0 aromatic carbocycles. The monoisotopic (exact) mass is 322 g/mol. The van der Waals surface area contributed by atoms with E-state index in [1.54, 1.807) is 20.8 Å². The molecule has 20 heavy (non-hydrogen) atoms. The van der Waals surface area contributed by atoms with Gasteiger partial charge in [0.05, 0.1) is 6.61 Å². The van der Waals surface area contributed by atoms with Crippen LogP contribution in [0.25, 0.3) is 0 Å². The van der Waals surface area contributed by atoms with Crippen LogP contribution in [0.4, 0.5) is 17.6 Å². The Morgan fingerprint density at radius 1 is 0.950 bits per heavy atom. The lowest BCUT2D eigenvalue weighted by Gasteiger charge is -2.28. The summed E-state index contributed by atoms with van der Waals surface area (Å²) in [7, 11) is -2.93. The minimum Gasteiger partial charge on any atom is -0.374 e. The smallest absolute Gasteiger partial charge is 0.374 e. The molecule has 0 fully saturated rings. The Morgan fingerprint density at radius 2 is 1.40 bits per heavy atom. The van der Waals surface area contributed by atoms with Gasteiger partial charge in [-0.3, -0.25) is 0 Å². The van der Waals surface area contributed by atoms with Crippen LogP contribution in [-0.2, 0) is 18.0 Å². The Kier molecular flexibility index (Phi) is 9.56. The van der Waals surface area contributed by atoms with Gasteiger partial charge in [-0.25, -0.2) is 8.78 Å². The fourth-order valence-electron chi connectivity index (χ4n) is 1.56. The predicted octanol–water partition coefficient (Wildman–Crippen LogP) is 3.30. The lowest BCUT2D eigenvalue weighted by atomic mass is 10.5. The van der Waals surface area contributed by atoms with Crippen molar-refractivity contribution in [1.29, 1.82) is 0 Å². The van der Waals surface area contributed by atoms with E-state index in [1.165, 1.54) is 0 Å². The Morgan fingerprint density at radius 3 is 1.75 bits per heavy atom. The molecule has 0 unspecified atom stereocenters. The Hall–Kier alpha value is -0.223. The van der Waals surface area contributed by atoms with Gasteiger partial charge >= 0.3 is 21.3 Å². The fourth-order valence-corrected chi connectivity index (χ4v) is 4.14. The maximum Gasteiger partial charge on any atom is 0.501 e. The third kappa shape index (κ3) is 6.98. The molecule has 0 aliphatic carbocycles. The summed E-state index contributed by atoms with van der Waals surface area (Å²) in [6, 6.07) is 0.238. The summed E-state index contributed by atoms with van der Waals surface area (Å²) >= 11 is 0. The number of halogens is 4. The molecule has 0 amide bonds. The largest absolute Gasteiger partial charge is 0.501 e. The maximum atomic E-state index is 12.6. The molecule has 0 spiro atoms. The highest BCUT2D eigenvalue weighted by Gasteiger charge is 2.43. The zero-order valence-corrected chi connectivity index (χ0v) is 13.0. The fraction of sp³-hybridized carbons (Fsp3) is 1.00. The van der Waals surface area contributed by atoms with Crippen molar-refractivity contribution in [3.8, 4) is 0 Å². The molecule has 0 heterocycles. The topological polar surface area (TPSA) is 36.9 Å². The second kappa shape index (κ2) is 9.67. The molecule has 0 aromatic heterocycles. The van der Waals surface area contributed by atoms with Crippen molar-refractivity contribution in [3.63, 3.8) is 0 Å². The van der Waals surface area contributed by atoms with Gasteiger partial charge in [0.2, 0.25) is 0 Å². The summed E-state index contributed by atoms with van der Waals surface area (Å²) in [5.41, 5.74) is 0. The van der Waals surface area contributed by atoms with E-state index in [0.717, 1.165) is 0 Å². The SMILES string of the molecule is CCO[Si](CCCOC(F)(F)C(F)F)(OCC)OCC. The molecule has 122 valence electrons. The van der Waals surface area contributed by atoms with Crippen LogP contribution in [0.5, 0.6) is 0 Å². The molecular formula is C11H22F4O4Si. The number of rotatable bonds is 12. The molecule has 0 aliphatic rings. The van der Waals surface area contributed by atoms with Crippen molar-refractivity contribution in [2.45, 2.75) is 45.8 Å². The van der Waals surface area contributed by atoms with Crippen LogP contribution < -0.4 is 0 Å². The van der Waals surface area contributed by atoms with Crippen molar-refractivity contribution in [2.24, 2.45) is 0 Å². The third-order valence-electron chi connectivity index (χ3n) is 2.27. The molecule has 0 aromatic rings. The van der Waals surface area contributed by atoms with Crippen LogP contribution in [0, 0.1) is 0 Å². The van der Waals surface area contributed by atoms with Crippen LogP contribution in [0.15, 0.2) is 0 Å². The molecule has 4 nitrogen and oxygen atoms in total. The van der Waals surface area contributed by atoms with Crippen LogP contribution in [-0.4, -0.2) is 47.8 Å². The second-order valence-electron chi connectivity index (χ2n) is 3.80. The van der Waals surface area contributed by atoms with Gasteiger partial charge in [0.1, 0.15) is 0 Å². The highest BCUT2D eigenvalue weighted by molar-refractivity contribution is 6.60. The van der Waals surface area contributed by atoms with E-state index < -0.39 is 27.9 Å². The molecule has 0 radical (unpaired) electrons. The first-order valence-corrected chi connectivity index (χ1v) is 8.48. The number of hydrogen-bond acceptors (Lipinski definition) is 4. The number of ether oxygens (including phenoxy) is 1. The first-order valence-electron chi connectivity index (χ1n) is 6.55. The van der Waals surface area contributed by atoms with Crippen molar-refractivity contribution in [1.82, 2.24) is 0 Å². The molecule has 0 saturated heterocycles. The first kappa shape index (κ1) is 19.8. The zero-order valence-electron chi connectivity index (χ0n) is 12.0. The summed E-state index contributed by atoms with van der Waals surface area (Å²) in [4.78, 5) is 0. The quantitative estimate of drug-likeness (QED) is 0.314. The van der Waals surface area contributed by atoms with Gasteiger partial charge in [-0.1, -0.05) is 0 Å². The van der Waals surface area contributed by atoms with E-state index in [1.807, 2.05) is 0 Å². The standard InChI is InChI=1S/C11H22F4O4Si/c1-4-17-20(18-5-2,19-6-3)9-7-8-16-11(14,15)10(12)13/h10H,4-9H2,1-3H3. The molecule has 0 saturated carbocycles. The van der Waals surface area contributed by atoms with Crippen molar-refractivity contribution in [2.75, 3.05) is 26.4 Å². The van der Waals surface area contributed by atoms with Crippen molar-refractivity contribution < 1.29 is 35.6 Å². The van der Waals surface area contributed by atoms with Crippen LogP contribution in [0.2, 0.25) is 6.04 Å². The molecule has 0 N–H and O–H groups in total. The summed E-state index contributed by atoms with van der Waals surface area (Å²) in [6.45, 7) is 5.86. The maximum absolute atomic E-state index is 12.6. The predicted molar refractivity (Wildman–Crippen MR) is 67.0 cm³/mol. The minimum atomic E-state index is -4.42. The van der Waals surface area contributed by atoms with E-state index in [9.17, 15) is 17.6 Å². The molecule has 0 bridgehead atoms. The lowest BCUT2D eigenvalue weighted by Crippen LogP contribution is -2.46. The van der Waals surface area contributed by atoms with Gasteiger partial charge in [-0.15, -0.1) is 0 Å². The van der Waals surface area contributed by atoms with E-state index in [0.29, 0.717) is 19.8 Å². The Balaban J connectivity index is 4.32. The Labute approximate surface area is 117 Å². The van der Waals surface area contributed by atoms with E-state index in [-0.39, 0.29) is 12.5 Å². The number of alkyl halides is 4. The van der Waals surface area contributed by atoms with Gasteiger partial charge in [0.25, 0.3) is 0 Å². The van der Waals surface area contributed by atoms with Gasteiger partial charge in [0, 0.05) is 25.9 Å². The molecule has 0 atom stereocenters. The van der Waals surface area contributed by atoms with Gasteiger partial charge < -0.3 is 18.0 Å². The van der Waals surface area contributed by atoms with Gasteiger partial charge in [-0.05, 0) is 27.2 Å². The second-order valence-corrected chi connectivity index (χ2v) is 6.53. The first-order chi connectivity index (χ1) is 9.33. The summed E-state index contributed by atoms with van der Waals surface area (Å²) in [6.07, 6.45) is -8.17. The molecular weight excluding hydrogens is 300 g/mol. The average molecular weight is 322 g/mol. The van der Waals surface area contributed by atoms with E-state index in [2.05, 4.69) is 4.74 Å². The zero-order chi connectivity index (χ0) is 15.6. The Bertz CT molecular complexity index is 240. The number of hydrogen-bond donors (Lipinski definition) is 0. The van der Waals surface area contributed by atoms with Crippen molar-refractivity contribution in [3.05, 3.63) is 0 Å². The van der Waals surface area contributed by atoms with Crippen LogP contribution >= 0.6 is 0 Å². The lowest BCUT2D eigenvalue weighted by molar-refractivity contribution is -0.300. The minimum absolute atomic E-state index is 0.0918.